The van der Waals surface area contributed by atoms with Crippen molar-refractivity contribution in [1.29, 1.82) is 0 Å². The average Bonchev–Trinajstić information content (AvgIpc) is 2.63. The molecule has 0 amide bonds. The molecule has 1 unspecified atom stereocenters. The summed E-state index contributed by atoms with van der Waals surface area (Å²) in [6.07, 6.45) is 3.91. The van der Waals surface area contributed by atoms with E-state index in [0.29, 0.717) is 11.8 Å². The molecule has 2 N–H and O–H groups in total. The topological polar surface area (TPSA) is 43.7 Å². The Morgan fingerprint density at radius 3 is 2.48 bits per heavy atom. The van der Waals surface area contributed by atoms with Gasteiger partial charge in [-0.3, -0.25) is 4.90 Å². The van der Waals surface area contributed by atoms with Gasteiger partial charge in [0.25, 0.3) is 0 Å². The maximum Gasteiger partial charge on any atom is 0.115 e. The SMILES string of the molecule is Oc1ccc(C2(O)CC[C@H]3CN(Cc4ccccc4)CC[C@@H]3C2)cc1. The number of aliphatic hydroxyl groups is 1. The van der Waals surface area contributed by atoms with Crippen LogP contribution in [0.3, 0.4) is 0 Å². The van der Waals surface area contributed by atoms with Crippen molar-refractivity contribution in [2.75, 3.05) is 13.1 Å². The second-order valence-corrected chi connectivity index (χ2v) is 7.85. The number of phenols is 1. The van der Waals surface area contributed by atoms with E-state index < -0.39 is 5.60 Å². The summed E-state index contributed by atoms with van der Waals surface area (Å²) >= 11 is 0. The monoisotopic (exact) mass is 337 g/mol. The molecule has 2 aliphatic rings. The first-order valence-electron chi connectivity index (χ1n) is 9.40. The van der Waals surface area contributed by atoms with Gasteiger partial charge in [-0.15, -0.1) is 0 Å². The number of piperidine rings is 1. The summed E-state index contributed by atoms with van der Waals surface area (Å²) in [5.74, 6) is 1.55. The van der Waals surface area contributed by atoms with Crippen molar-refractivity contribution >= 4 is 0 Å². The van der Waals surface area contributed by atoms with Crippen LogP contribution in [0.4, 0.5) is 0 Å². The number of hydrogen-bond acceptors (Lipinski definition) is 3. The second kappa shape index (κ2) is 6.81. The van der Waals surface area contributed by atoms with Crippen molar-refractivity contribution in [3.05, 3.63) is 65.7 Å². The van der Waals surface area contributed by atoms with Gasteiger partial charge in [-0.25, -0.2) is 0 Å². The van der Waals surface area contributed by atoms with Crippen LogP contribution >= 0.6 is 0 Å². The Balaban J connectivity index is 1.40. The number of rotatable bonds is 3. The number of fused-ring (bicyclic) bond motifs is 1. The van der Waals surface area contributed by atoms with Crippen LogP contribution < -0.4 is 0 Å². The number of benzene rings is 2. The lowest BCUT2D eigenvalue weighted by molar-refractivity contribution is -0.0616. The van der Waals surface area contributed by atoms with Gasteiger partial charge >= 0.3 is 0 Å². The molecule has 1 saturated carbocycles. The lowest BCUT2D eigenvalue weighted by Crippen LogP contribution is -2.46. The van der Waals surface area contributed by atoms with Crippen LogP contribution in [-0.2, 0) is 12.1 Å². The van der Waals surface area contributed by atoms with Crippen LogP contribution in [0, 0.1) is 11.8 Å². The maximum absolute atomic E-state index is 11.2. The van der Waals surface area contributed by atoms with E-state index in [0.717, 1.165) is 50.9 Å². The first-order chi connectivity index (χ1) is 12.1. The molecule has 2 fully saturated rings. The molecule has 3 nitrogen and oxygen atoms in total. The molecular weight excluding hydrogens is 310 g/mol. The van der Waals surface area contributed by atoms with Crippen LogP contribution in [0.1, 0.15) is 36.8 Å². The van der Waals surface area contributed by atoms with Crippen molar-refractivity contribution in [1.82, 2.24) is 4.90 Å². The molecule has 3 atom stereocenters. The third-order valence-corrected chi connectivity index (χ3v) is 6.16. The van der Waals surface area contributed by atoms with E-state index in [2.05, 4.69) is 35.2 Å². The molecule has 2 aromatic rings. The smallest absolute Gasteiger partial charge is 0.115 e. The van der Waals surface area contributed by atoms with E-state index in [1.54, 1.807) is 12.1 Å². The summed E-state index contributed by atoms with van der Waals surface area (Å²) < 4.78 is 0. The first kappa shape index (κ1) is 16.6. The van der Waals surface area contributed by atoms with Crippen molar-refractivity contribution < 1.29 is 10.2 Å². The summed E-state index contributed by atoms with van der Waals surface area (Å²) in [4.78, 5) is 2.57. The summed E-state index contributed by atoms with van der Waals surface area (Å²) in [5.41, 5.74) is 1.61. The fraction of sp³-hybridized carbons (Fsp3) is 0.455. The molecule has 1 saturated heterocycles. The zero-order valence-electron chi connectivity index (χ0n) is 14.6. The molecule has 2 aromatic carbocycles. The van der Waals surface area contributed by atoms with Crippen LogP contribution in [0.2, 0.25) is 0 Å². The molecule has 1 aliphatic carbocycles. The summed E-state index contributed by atoms with van der Waals surface area (Å²) in [6.45, 7) is 3.29. The summed E-state index contributed by atoms with van der Waals surface area (Å²) in [7, 11) is 0. The third kappa shape index (κ3) is 3.58. The van der Waals surface area contributed by atoms with E-state index in [-0.39, 0.29) is 5.75 Å². The number of aromatic hydroxyl groups is 1. The minimum Gasteiger partial charge on any atom is -0.508 e. The fourth-order valence-corrected chi connectivity index (χ4v) is 4.73. The second-order valence-electron chi connectivity index (χ2n) is 7.85. The Morgan fingerprint density at radius 1 is 0.960 bits per heavy atom. The van der Waals surface area contributed by atoms with E-state index in [1.165, 1.54) is 5.56 Å². The summed E-state index contributed by atoms with van der Waals surface area (Å²) in [6, 6.07) is 17.8. The van der Waals surface area contributed by atoms with Gasteiger partial charge in [-0.05, 0) is 67.3 Å². The van der Waals surface area contributed by atoms with Crippen molar-refractivity contribution in [3.8, 4) is 5.75 Å². The highest BCUT2D eigenvalue weighted by molar-refractivity contribution is 5.30. The predicted octanol–water partition coefficient (Wildman–Crippen LogP) is 3.90. The minimum atomic E-state index is -0.726. The van der Waals surface area contributed by atoms with Gasteiger partial charge in [0.1, 0.15) is 5.75 Å². The van der Waals surface area contributed by atoms with Gasteiger partial charge in [0.2, 0.25) is 0 Å². The van der Waals surface area contributed by atoms with Gasteiger partial charge in [0, 0.05) is 13.1 Å². The Hall–Kier alpha value is -1.84. The van der Waals surface area contributed by atoms with Gasteiger partial charge in [-0.1, -0.05) is 42.5 Å². The van der Waals surface area contributed by atoms with Crippen LogP contribution in [0.25, 0.3) is 0 Å². The zero-order valence-corrected chi connectivity index (χ0v) is 14.6. The quantitative estimate of drug-likeness (QED) is 0.893. The average molecular weight is 337 g/mol. The normalized spacial score (nSPS) is 30.0. The highest BCUT2D eigenvalue weighted by Gasteiger charge is 2.42. The molecule has 0 spiro atoms. The molecular formula is C22H27NO2. The fourth-order valence-electron chi connectivity index (χ4n) is 4.73. The Morgan fingerprint density at radius 2 is 1.72 bits per heavy atom. The molecule has 25 heavy (non-hydrogen) atoms. The van der Waals surface area contributed by atoms with Crippen molar-refractivity contribution in [2.24, 2.45) is 11.8 Å². The number of phenolic OH excluding ortho intramolecular Hbond substituents is 1. The minimum absolute atomic E-state index is 0.259. The van der Waals surface area contributed by atoms with Crippen molar-refractivity contribution in [2.45, 2.75) is 37.8 Å². The number of hydrogen-bond donors (Lipinski definition) is 2. The predicted molar refractivity (Wildman–Crippen MR) is 99.2 cm³/mol. The standard InChI is InChI=1S/C22H27NO2/c24-21-8-6-20(7-9-21)22(25)12-10-19-16-23(13-11-18(19)14-22)15-17-4-2-1-3-5-17/h1-9,18-19,24-25H,10-16H2/t18-,19+,22?/m1/s1. The molecule has 132 valence electrons. The van der Waals surface area contributed by atoms with E-state index >= 15 is 0 Å². The third-order valence-electron chi connectivity index (χ3n) is 6.16. The highest BCUT2D eigenvalue weighted by Crippen LogP contribution is 2.46. The first-order valence-corrected chi connectivity index (χ1v) is 9.40. The molecule has 0 aromatic heterocycles. The van der Waals surface area contributed by atoms with Gasteiger partial charge < -0.3 is 10.2 Å². The van der Waals surface area contributed by atoms with Crippen LogP contribution in [0.15, 0.2) is 54.6 Å². The van der Waals surface area contributed by atoms with Crippen LogP contribution in [0.5, 0.6) is 5.75 Å². The molecule has 1 aliphatic heterocycles. The number of likely N-dealkylation sites (tertiary alicyclic amines) is 1. The van der Waals surface area contributed by atoms with Gasteiger partial charge in [0.05, 0.1) is 5.60 Å². The number of nitrogens with zero attached hydrogens (tertiary/aromatic N) is 1. The van der Waals surface area contributed by atoms with Crippen molar-refractivity contribution in [3.63, 3.8) is 0 Å². The highest BCUT2D eigenvalue weighted by atomic mass is 16.3. The molecule has 1 heterocycles. The summed E-state index contributed by atoms with van der Waals surface area (Å²) in [5, 5.41) is 20.7. The maximum atomic E-state index is 11.2. The molecule has 0 radical (unpaired) electrons. The molecule has 3 heteroatoms. The van der Waals surface area contributed by atoms with E-state index in [1.807, 2.05) is 12.1 Å². The van der Waals surface area contributed by atoms with E-state index in [4.69, 9.17) is 0 Å². The Bertz CT molecular complexity index is 700. The Kier molecular flexibility index (Phi) is 4.53. The molecule has 4 rings (SSSR count). The zero-order chi connectivity index (χ0) is 17.3. The lowest BCUT2D eigenvalue weighted by Gasteiger charge is -2.47. The Labute approximate surface area is 149 Å². The largest absolute Gasteiger partial charge is 0.508 e. The van der Waals surface area contributed by atoms with E-state index in [9.17, 15) is 10.2 Å². The van der Waals surface area contributed by atoms with Crippen LogP contribution in [-0.4, -0.2) is 28.2 Å². The van der Waals surface area contributed by atoms with Gasteiger partial charge in [0.15, 0.2) is 0 Å². The van der Waals surface area contributed by atoms with Gasteiger partial charge in [-0.2, -0.15) is 0 Å². The lowest BCUT2D eigenvalue weighted by atomic mass is 9.66. The molecule has 0 bridgehead atoms.